The van der Waals surface area contributed by atoms with E-state index in [1.807, 2.05) is 30.3 Å². The SMILES string of the molecule is O=C(N[C@H](Cn1ccccc1=O)c1ccccc1)c1ccc[nH]1. The zero-order valence-corrected chi connectivity index (χ0v) is 12.5. The number of rotatable bonds is 5. The summed E-state index contributed by atoms with van der Waals surface area (Å²) < 4.78 is 1.59. The van der Waals surface area contributed by atoms with Crippen LogP contribution in [-0.4, -0.2) is 15.5 Å². The summed E-state index contributed by atoms with van der Waals surface area (Å²) in [7, 11) is 0. The number of aromatic amines is 1. The number of hydrogen-bond donors (Lipinski definition) is 2. The van der Waals surface area contributed by atoms with Crippen LogP contribution in [0.25, 0.3) is 0 Å². The van der Waals surface area contributed by atoms with Gasteiger partial charge < -0.3 is 14.9 Å². The summed E-state index contributed by atoms with van der Waals surface area (Å²) in [6, 6.07) is 17.8. The highest BCUT2D eigenvalue weighted by Crippen LogP contribution is 2.15. The van der Waals surface area contributed by atoms with Crippen molar-refractivity contribution < 1.29 is 4.79 Å². The van der Waals surface area contributed by atoms with Crippen molar-refractivity contribution in [1.82, 2.24) is 14.9 Å². The molecule has 0 saturated heterocycles. The first-order chi connectivity index (χ1) is 11.2. The van der Waals surface area contributed by atoms with Gasteiger partial charge in [0.05, 0.1) is 12.6 Å². The lowest BCUT2D eigenvalue weighted by Crippen LogP contribution is -2.34. The lowest BCUT2D eigenvalue weighted by atomic mass is 10.1. The predicted molar refractivity (Wildman–Crippen MR) is 88.1 cm³/mol. The summed E-state index contributed by atoms with van der Waals surface area (Å²) in [5, 5.41) is 2.98. The van der Waals surface area contributed by atoms with E-state index < -0.39 is 0 Å². The maximum atomic E-state index is 12.3. The first-order valence-corrected chi connectivity index (χ1v) is 7.39. The lowest BCUT2D eigenvalue weighted by molar-refractivity contribution is 0.0928. The Hall–Kier alpha value is -3.08. The molecule has 2 heterocycles. The number of hydrogen-bond acceptors (Lipinski definition) is 2. The summed E-state index contributed by atoms with van der Waals surface area (Å²) in [5.74, 6) is -0.201. The molecule has 0 aliphatic carbocycles. The molecule has 0 unspecified atom stereocenters. The van der Waals surface area contributed by atoms with E-state index in [2.05, 4.69) is 10.3 Å². The van der Waals surface area contributed by atoms with Gasteiger partial charge in [0.25, 0.3) is 11.5 Å². The molecular formula is C18H17N3O2. The van der Waals surface area contributed by atoms with Crippen LogP contribution in [-0.2, 0) is 6.54 Å². The van der Waals surface area contributed by atoms with Gasteiger partial charge in [-0.1, -0.05) is 36.4 Å². The lowest BCUT2D eigenvalue weighted by Gasteiger charge is -2.20. The number of amides is 1. The molecule has 0 saturated carbocycles. The van der Waals surface area contributed by atoms with Crippen molar-refractivity contribution in [2.75, 3.05) is 0 Å². The fourth-order valence-corrected chi connectivity index (χ4v) is 2.44. The average Bonchev–Trinajstić information content (AvgIpc) is 3.11. The molecule has 2 aromatic heterocycles. The Kier molecular flexibility index (Phi) is 4.38. The first kappa shape index (κ1) is 14.8. The van der Waals surface area contributed by atoms with E-state index in [9.17, 15) is 9.59 Å². The van der Waals surface area contributed by atoms with E-state index in [1.165, 1.54) is 6.07 Å². The molecule has 0 aliphatic heterocycles. The normalized spacial score (nSPS) is 11.8. The number of H-pyrrole nitrogens is 1. The Bertz CT molecular complexity index is 823. The predicted octanol–water partition coefficient (Wildman–Crippen LogP) is 2.35. The molecule has 23 heavy (non-hydrogen) atoms. The van der Waals surface area contributed by atoms with Crippen LogP contribution in [0.1, 0.15) is 22.1 Å². The van der Waals surface area contributed by atoms with Crippen molar-refractivity contribution >= 4 is 5.91 Å². The molecule has 0 radical (unpaired) electrons. The molecule has 0 aliphatic rings. The smallest absolute Gasteiger partial charge is 0.268 e. The van der Waals surface area contributed by atoms with Gasteiger partial charge in [-0.05, 0) is 23.8 Å². The van der Waals surface area contributed by atoms with Crippen LogP contribution in [0.3, 0.4) is 0 Å². The largest absolute Gasteiger partial charge is 0.357 e. The van der Waals surface area contributed by atoms with Crippen molar-refractivity contribution in [3.8, 4) is 0 Å². The van der Waals surface area contributed by atoms with Gasteiger partial charge in [-0.25, -0.2) is 0 Å². The number of pyridine rings is 1. The Morgan fingerprint density at radius 1 is 1.04 bits per heavy atom. The second kappa shape index (κ2) is 6.79. The summed E-state index contributed by atoms with van der Waals surface area (Å²) in [6.45, 7) is 0.371. The number of nitrogens with one attached hydrogen (secondary N) is 2. The first-order valence-electron chi connectivity index (χ1n) is 7.39. The van der Waals surface area contributed by atoms with Crippen LogP contribution >= 0.6 is 0 Å². The molecule has 3 aromatic rings. The zero-order valence-electron chi connectivity index (χ0n) is 12.5. The third kappa shape index (κ3) is 3.58. The number of nitrogens with zero attached hydrogens (tertiary/aromatic N) is 1. The highest BCUT2D eigenvalue weighted by Gasteiger charge is 2.17. The van der Waals surface area contributed by atoms with Crippen molar-refractivity contribution in [2.24, 2.45) is 0 Å². The third-order valence-electron chi connectivity index (χ3n) is 3.63. The fraction of sp³-hybridized carbons (Fsp3) is 0.111. The van der Waals surface area contributed by atoms with Crippen LogP contribution < -0.4 is 10.9 Å². The molecule has 1 amide bonds. The molecule has 116 valence electrons. The standard InChI is InChI=1S/C18H17N3O2/c22-17-10-4-5-12-21(17)13-16(14-7-2-1-3-8-14)20-18(23)15-9-6-11-19-15/h1-12,16,19H,13H2,(H,20,23)/t16-/m1/s1. The number of benzene rings is 1. The van der Waals surface area contributed by atoms with Gasteiger partial charge in [0.15, 0.2) is 0 Å². The minimum absolute atomic E-state index is 0.0949. The minimum atomic E-state index is -0.299. The van der Waals surface area contributed by atoms with Crippen LogP contribution in [0.2, 0.25) is 0 Å². The summed E-state index contributed by atoms with van der Waals surface area (Å²) in [4.78, 5) is 27.2. The Balaban J connectivity index is 1.87. The van der Waals surface area contributed by atoms with Crippen LogP contribution in [0.5, 0.6) is 0 Å². The highest BCUT2D eigenvalue weighted by atomic mass is 16.2. The van der Waals surface area contributed by atoms with Crippen molar-refractivity contribution in [1.29, 1.82) is 0 Å². The Morgan fingerprint density at radius 3 is 2.52 bits per heavy atom. The summed E-state index contributed by atoms with van der Waals surface area (Å²) >= 11 is 0. The maximum Gasteiger partial charge on any atom is 0.268 e. The number of carbonyl (C=O) groups is 1. The van der Waals surface area contributed by atoms with Gasteiger partial charge >= 0.3 is 0 Å². The van der Waals surface area contributed by atoms with Gasteiger partial charge in [-0.15, -0.1) is 0 Å². The number of aromatic nitrogens is 2. The minimum Gasteiger partial charge on any atom is -0.357 e. The number of carbonyl (C=O) groups excluding carboxylic acids is 1. The molecule has 0 spiro atoms. The van der Waals surface area contributed by atoms with E-state index in [0.717, 1.165) is 5.56 Å². The Morgan fingerprint density at radius 2 is 1.83 bits per heavy atom. The van der Waals surface area contributed by atoms with E-state index in [-0.39, 0.29) is 17.5 Å². The second-order valence-electron chi connectivity index (χ2n) is 5.21. The summed E-state index contributed by atoms with van der Waals surface area (Å²) in [6.07, 6.45) is 3.42. The van der Waals surface area contributed by atoms with E-state index in [0.29, 0.717) is 12.2 Å². The average molecular weight is 307 g/mol. The monoisotopic (exact) mass is 307 g/mol. The third-order valence-corrected chi connectivity index (χ3v) is 3.63. The molecule has 3 rings (SSSR count). The van der Waals surface area contributed by atoms with Gasteiger partial charge in [-0.3, -0.25) is 9.59 Å². The molecule has 0 fully saturated rings. The van der Waals surface area contributed by atoms with Crippen LogP contribution in [0.15, 0.2) is 77.9 Å². The second-order valence-corrected chi connectivity index (χ2v) is 5.21. The van der Waals surface area contributed by atoms with Gasteiger partial charge in [0.1, 0.15) is 5.69 Å². The van der Waals surface area contributed by atoms with Crippen molar-refractivity contribution in [3.05, 3.63) is 94.7 Å². The molecule has 5 nitrogen and oxygen atoms in total. The molecule has 1 atom stereocenters. The maximum absolute atomic E-state index is 12.3. The van der Waals surface area contributed by atoms with E-state index in [4.69, 9.17) is 0 Å². The van der Waals surface area contributed by atoms with Gasteiger partial charge in [0.2, 0.25) is 0 Å². The topological polar surface area (TPSA) is 66.9 Å². The van der Waals surface area contributed by atoms with Crippen molar-refractivity contribution in [3.63, 3.8) is 0 Å². The van der Waals surface area contributed by atoms with E-state index in [1.54, 1.807) is 41.2 Å². The molecule has 0 bridgehead atoms. The summed E-state index contributed by atoms with van der Waals surface area (Å²) in [5.41, 5.74) is 1.34. The van der Waals surface area contributed by atoms with Crippen molar-refractivity contribution in [2.45, 2.75) is 12.6 Å². The molecule has 2 N–H and O–H groups in total. The molecule has 1 aromatic carbocycles. The van der Waals surface area contributed by atoms with E-state index >= 15 is 0 Å². The highest BCUT2D eigenvalue weighted by molar-refractivity contribution is 5.92. The molecule has 5 heteroatoms. The van der Waals surface area contributed by atoms with Gasteiger partial charge in [-0.2, -0.15) is 0 Å². The quantitative estimate of drug-likeness (QED) is 0.760. The fourth-order valence-electron chi connectivity index (χ4n) is 2.44. The zero-order chi connectivity index (χ0) is 16.1. The molecular weight excluding hydrogens is 290 g/mol. The van der Waals surface area contributed by atoms with Crippen LogP contribution in [0.4, 0.5) is 0 Å². The van der Waals surface area contributed by atoms with Gasteiger partial charge in [0, 0.05) is 18.5 Å². The van der Waals surface area contributed by atoms with Crippen LogP contribution in [0, 0.1) is 0 Å². The Labute approximate surface area is 133 Å².